The number of rotatable bonds is 4. The summed E-state index contributed by atoms with van der Waals surface area (Å²) in [4.78, 5) is 10.7. The molecule has 0 aromatic heterocycles. The van der Waals surface area contributed by atoms with Gasteiger partial charge in [-0.1, -0.05) is 19.1 Å². The van der Waals surface area contributed by atoms with Gasteiger partial charge in [-0.25, -0.2) is 0 Å². The zero-order valence-electron chi connectivity index (χ0n) is 7.99. The van der Waals surface area contributed by atoms with Crippen LogP contribution in [0.1, 0.15) is 32.6 Å². The van der Waals surface area contributed by atoms with E-state index in [0.29, 0.717) is 12.5 Å². The highest BCUT2D eigenvalue weighted by Crippen LogP contribution is 2.11. The Morgan fingerprint density at radius 3 is 2.92 bits per heavy atom. The number of carboxylic acid groups (broad SMARTS) is 1. The molecule has 0 aromatic carbocycles. The second-order valence-corrected chi connectivity index (χ2v) is 3.45. The van der Waals surface area contributed by atoms with Gasteiger partial charge in [0.25, 0.3) is 0 Å². The number of carboxylic acids is 1. The maximum atomic E-state index is 10.7. The fraction of sp³-hybridized carbons (Fsp3) is 0.700. The topological polar surface area (TPSA) is 49.3 Å². The van der Waals surface area contributed by atoms with Crippen LogP contribution in [0, 0.1) is 0 Å². The Balaban J connectivity index is 2.36. The molecule has 0 heterocycles. The zero-order valence-corrected chi connectivity index (χ0v) is 7.99. The first-order chi connectivity index (χ1) is 6.24. The fourth-order valence-electron chi connectivity index (χ4n) is 1.59. The molecule has 1 rings (SSSR count). The van der Waals surface area contributed by atoms with E-state index in [0.717, 1.165) is 19.3 Å². The van der Waals surface area contributed by atoms with Crippen LogP contribution in [0.25, 0.3) is 0 Å². The summed E-state index contributed by atoms with van der Waals surface area (Å²) >= 11 is 0. The minimum atomic E-state index is -0.739. The molecule has 13 heavy (non-hydrogen) atoms. The summed E-state index contributed by atoms with van der Waals surface area (Å²) in [7, 11) is 0. The van der Waals surface area contributed by atoms with Crippen LogP contribution in [0.3, 0.4) is 0 Å². The van der Waals surface area contributed by atoms with E-state index in [1.807, 2.05) is 6.92 Å². The lowest BCUT2D eigenvalue weighted by atomic mass is 10.0. The lowest BCUT2D eigenvalue weighted by Crippen LogP contribution is -2.43. The third-order valence-corrected chi connectivity index (χ3v) is 2.41. The summed E-state index contributed by atoms with van der Waals surface area (Å²) < 4.78 is 0. The van der Waals surface area contributed by atoms with Crippen molar-refractivity contribution in [2.75, 3.05) is 0 Å². The smallest absolute Gasteiger partial charge is 0.320 e. The van der Waals surface area contributed by atoms with E-state index in [2.05, 4.69) is 17.5 Å². The van der Waals surface area contributed by atoms with Crippen molar-refractivity contribution in [1.82, 2.24) is 5.32 Å². The summed E-state index contributed by atoms with van der Waals surface area (Å²) in [5, 5.41) is 12.0. The third kappa shape index (κ3) is 3.19. The quantitative estimate of drug-likeness (QED) is 0.650. The monoisotopic (exact) mass is 183 g/mol. The van der Waals surface area contributed by atoms with Crippen molar-refractivity contribution in [1.29, 1.82) is 0 Å². The molecule has 0 saturated carbocycles. The van der Waals surface area contributed by atoms with E-state index in [-0.39, 0.29) is 6.04 Å². The second kappa shape index (κ2) is 5.02. The molecule has 1 aliphatic rings. The van der Waals surface area contributed by atoms with Crippen LogP contribution in [-0.4, -0.2) is 23.2 Å². The van der Waals surface area contributed by atoms with Gasteiger partial charge >= 0.3 is 5.97 Å². The van der Waals surface area contributed by atoms with Crippen molar-refractivity contribution >= 4 is 5.97 Å². The predicted octanol–water partition coefficient (Wildman–Crippen LogP) is 1.55. The van der Waals surface area contributed by atoms with Crippen LogP contribution < -0.4 is 5.32 Å². The number of allylic oxidation sites excluding steroid dienone is 1. The van der Waals surface area contributed by atoms with Gasteiger partial charge < -0.3 is 10.4 Å². The van der Waals surface area contributed by atoms with Crippen molar-refractivity contribution in [2.24, 2.45) is 0 Å². The summed E-state index contributed by atoms with van der Waals surface area (Å²) in [5.74, 6) is -0.739. The molecule has 0 saturated heterocycles. The van der Waals surface area contributed by atoms with Crippen LogP contribution in [0.15, 0.2) is 12.2 Å². The number of nitrogens with one attached hydrogen (secondary N) is 1. The average Bonchev–Trinajstić information content (AvgIpc) is 2.15. The van der Waals surface area contributed by atoms with Crippen LogP contribution in [0.4, 0.5) is 0 Å². The highest BCUT2D eigenvalue weighted by atomic mass is 16.4. The van der Waals surface area contributed by atoms with E-state index < -0.39 is 5.97 Å². The molecule has 2 unspecified atom stereocenters. The van der Waals surface area contributed by atoms with Gasteiger partial charge in [0.1, 0.15) is 6.04 Å². The molecular weight excluding hydrogens is 166 g/mol. The molecule has 2 N–H and O–H groups in total. The van der Waals surface area contributed by atoms with Crippen molar-refractivity contribution in [2.45, 2.75) is 44.7 Å². The van der Waals surface area contributed by atoms with Crippen molar-refractivity contribution in [3.8, 4) is 0 Å². The molecule has 0 aromatic rings. The fourth-order valence-corrected chi connectivity index (χ4v) is 1.59. The zero-order chi connectivity index (χ0) is 9.68. The van der Waals surface area contributed by atoms with Gasteiger partial charge in [0.2, 0.25) is 0 Å². The highest BCUT2D eigenvalue weighted by Gasteiger charge is 2.19. The lowest BCUT2D eigenvalue weighted by Gasteiger charge is -2.23. The molecule has 0 aliphatic heterocycles. The predicted molar refractivity (Wildman–Crippen MR) is 51.6 cm³/mol. The summed E-state index contributed by atoms with van der Waals surface area (Å²) in [6.45, 7) is 1.89. The van der Waals surface area contributed by atoms with Crippen molar-refractivity contribution in [3.63, 3.8) is 0 Å². The first kappa shape index (κ1) is 10.3. The normalized spacial score (nSPS) is 24.2. The SMILES string of the molecule is CCC(NC1CC=CCC1)C(=O)O. The van der Waals surface area contributed by atoms with Gasteiger partial charge in [0.05, 0.1) is 0 Å². The molecule has 0 spiro atoms. The number of aliphatic carboxylic acids is 1. The van der Waals surface area contributed by atoms with Gasteiger partial charge in [-0.05, 0) is 25.7 Å². The largest absolute Gasteiger partial charge is 0.480 e. The maximum Gasteiger partial charge on any atom is 0.320 e. The van der Waals surface area contributed by atoms with Gasteiger partial charge in [-0.3, -0.25) is 4.79 Å². The Morgan fingerprint density at radius 2 is 2.46 bits per heavy atom. The molecule has 0 radical (unpaired) electrons. The average molecular weight is 183 g/mol. The Kier molecular flexibility index (Phi) is 3.96. The number of hydrogen-bond acceptors (Lipinski definition) is 2. The van der Waals surface area contributed by atoms with Crippen molar-refractivity contribution in [3.05, 3.63) is 12.2 Å². The van der Waals surface area contributed by atoms with E-state index in [1.165, 1.54) is 0 Å². The molecule has 1 aliphatic carbocycles. The van der Waals surface area contributed by atoms with Crippen molar-refractivity contribution < 1.29 is 9.90 Å². The molecular formula is C10H17NO2. The first-order valence-corrected chi connectivity index (χ1v) is 4.88. The van der Waals surface area contributed by atoms with Gasteiger partial charge in [-0.15, -0.1) is 0 Å². The lowest BCUT2D eigenvalue weighted by molar-refractivity contribution is -0.139. The van der Waals surface area contributed by atoms with E-state index in [1.54, 1.807) is 0 Å². The second-order valence-electron chi connectivity index (χ2n) is 3.45. The Hall–Kier alpha value is -0.830. The molecule has 2 atom stereocenters. The molecule has 0 fully saturated rings. The van der Waals surface area contributed by atoms with Crippen LogP contribution in [0.5, 0.6) is 0 Å². The van der Waals surface area contributed by atoms with Crippen LogP contribution in [0.2, 0.25) is 0 Å². The minimum Gasteiger partial charge on any atom is -0.480 e. The Bertz CT molecular complexity index is 201. The number of carbonyl (C=O) groups is 1. The summed E-state index contributed by atoms with van der Waals surface area (Å²) in [6.07, 6.45) is 8.00. The third-order valence-electron chi connectivity index (χ3n) is 2.41. The maximum absolute atomic E-state index is 10.7. The Morgan fingerprint density at radius 1 is 1.69 bits per heavy atom. The summed E-state index contributed by atoms with van der Waals surface area (Å²) in [6, 6.07) is -0.0254. The minimum absolute atomic E-state index is 0.353. The molecule has 74 valence electrons. The molecule has 0 bridgehead atoms. The van der Waals surface area contributed by atoms with Crippen LogP contribution >= 0.6 is 0 Å². The first-order valence-electron chi connectivity index (χ1n) is 4.88. The molecule has 0 amide bonds. The van der Waals surface area contributed by atoms with Gasteiger partial charge in [-0.2, -0.15) is 0 Å². The van der Waals surface area contributed by atoms with Gasteiger partial charge in [0.15, 0.2) is 0 Å². The standard InChI is InChI=1S/C10H17NO2/c1-2-9(10(12)13)11-8-6-4-3-5-7-8/h3-4,8-9,11H,2,5-7H2,1H3,(H,12,13). The molecule has 3 heteroatoms. The van der Waals surface area contributed by atoms with E-state index in [4.69, 9.17) is 5.11 Å². The summed E-state index contributed by atoms with van der Waals surface area (Å²) in [5.41, 5.74) is 0. The highest BCUT2D eigenvalue weighted by molar-refractivity contribution is 5.73. The van der Waals surface area contributed by atoms with Crippen LogP contribution in [-0.2, 0) is 4.79 Å². The number of hydrogen-bond donors (Lipinski definition) is 2. The molecule has 3 nitrogen and oxygen atoms in total. The Labute approximate surface area is 78.8 Å². The van der Waals surface area contributed by atoms with Gasteiger partial charge in [0, 0.05) is 6.04 Å². The van der Waals surface area contributed by atoms with E-state index >= 15 is 0 Å². The van der Waals surface area contributed by atoms with E-state index in [9.17, 15) is 4.79 Å².